The molecule has 0 atom stereocenters. The van der Waals surface area contributed by atoms with Crippen molar-refractivity contribution in [3.05, 3.63) is 71.9 Å². The molecule has 2 aromatic heterocycles. The second kappa shape index (κ2) is 7.07. The lowest BCUT2D eigenvalue weighted by Crippen LogP contribution is -2.14. The number of benzene rings is 1. The quantitative estimate of drug-likeness (QED) is 0.746. The molecule has 0 saturated heterocycles. The molecule has 0 radical (unpaired) electrons. The maximum atomic E-state index is 15.1. The summed E-state index contributed by atoms with van der Waals surface area (Å²) < 4.78 is 42.1. The van der Waals surface area contributed by atoms with Crippen molar-refractivity contribution in [3.8, 4) is 17.3 Å². The Hall–Kier alpha value is -3.02. The molecule has 1 aromatic carbocycles. The van der Waals surface area contributed by atoms with Crippen LogP contribution >= 0.6 is 0 Å². The molecular weight excluding hydrogens is 355 g/mol. The van der Waals surface area contributed by atoms with E-state index in [1.54, 1.807) is 25.2 Å². The molecule has 0 spiro atoms. The fraction of sp³-hybridized carbons (Fsp3) is 0.111. The number of halogens is 1. The summed E-state index contributed by atoms with van der Waals surface area (Å²) in [5, 5.41) is 12.1. The van der Waals surface area contributed by atoms with E-state index in [1.165, 1.54) is 36.7 Å². The van der Waals surface area contributed by atoms with E-state index in [4.69, 9.17) is 0 Å². The SMILES string of the molecule is CNCc1cn(S(=O)(=O)c2ccccc2)c(-c2cccnc2C#N)c1F. The van der Waals surface area contributed by atoms with Crippen LogP contribution in [0.25, 0.3) is 11.3 Å². The third-order valence-corrected chi connectivity index (χ3v) is 5.49. The van der Waals surface area contributed by atoms with Crippen molar-refractivity contribution in [1.29, 1.82) is 5.26 Å². The average molecular weight is 370 g/mol. The summed E-state index contributed by atoms with van der Waals surface area (Å²) in [4.78, 5) is 3.94. The summed E-state index contributed by atoms with van der Waals surface area (Å²) in [7, 11) is -2.42. The van der Waals surface area contributed by atoms with E-state index in [1.807, 2.05) is 6.07 Å². The average Bonchev–Trinajstić information content (AvgIpc) is 3.00. The van der Waals surface area contributed by atoms with Gasteiger partial charge in [0, 0.05) is 30.1 Å². The molecule has 0 aliphatic carbocycles. The highest BCUT2D eigenvalue weighted by atomic mass is 32.2. The fourth-order valence-electron chi connectivity index (χ4n) is 2.64. The summed E-state index contributed by atoms with van der Waals surface area (Å²) >= 11 is 0. The first-order valence-corrected chi connectivity index (χ1v) is 9.15. The zero-order valence-electron chi connectivity index (χ0n) is 13.8. The van der Waals surface area contributed by atoms with E-state index in [9.17, 15) is 13.7 Å². The Bertz CT molecular complexity index is 1090. The van der Waals surface area contributed by atoms with Crippen LogP contribution in [0, 0.1) is 17.1 Å². The minimum absolute atomic E-state index is 0.0228. The van der Waals surface area contributed by atoms with Crippen molar-refractivity contribution >= 4 is 10.0 Å². The molecule has 8 heteroatoms. The van der Waals surface area contributed by atoms with E-state index in [0.717, 1.165) is 3.97 Å². The van der Waals surface area contributed by atoms with E-state index in [-0.39, 0.29) is 34.0 Å². The second-order valence-corrected chi connectivity index (χ2v) is 7.29. The normalized spacial score (nSPS) is 11.3. The molecule has 3 rings (SSSR count). The van der Waals surface area contributed by atoms with Crippen molar-refractivity contribution < 1.29 is 12.8 Å². The predicted molar refractivity (Wildman–Crippen MR) is 94.1 cm³/mol. The van der Waals surface area contributed by atoms with Gasteiger partial charge in [-0.15, -0.1) is 0 Å². The zero-order chi connectivity index (χ0) is 18.7. The highest BCUT2D eigenvalue weighted by Crippen LogP contribution is 2.32. The lowest BCUT2D eigenvalue weighted by molar-refractivity contribution is 0.585. The van der Waals surface area contributed by atoms with Gasteiger partial charge in [-0.3, -0.25) is 0 Å². The van der Waals surface area contributed by atoms with Gasteiger partial charge in [-0.2, -0.15) is 5.26 Å². The molecule has 26 heavy (non-hydrogen) atoms. The number of rotatable bonds is 5. The maximum Gasteiger partial charge on any atom is 0.268 e. The van der Waals surface area contributed by atoms with Crippen molar-refractivity contribution in [2.24, 2.45) is 0 Å². The first-order chi connectivity index (χ1) is 12.5. The number of hydrogen-bond donors (Lipinski definition) is 1. The largest absolute Gasteiger partial charge is 0.316 e. The summed E-state index contributed by atoms with van der Waals surface area (Å²) in [6, 6.07) is 12.6. The Labute approximate surface area is 150 Å². The third-order valence-electron chi connectivity index (χ3n) is 3.82. The summed E-state index contributed by atoms with van der Waals surface area (Å²) in [5.74, 6) is -0.705. The van der Waals surface area contributed by atoms with Crippen LogP contribution in [0.2, 0.25) is 0 Å². The molecule has 2 heterocycles. The standard InChI is InChI=1S/C18H15FN4O2S/c1-21-11-13-12-23(26(24,25)14-6-3-2-4-7-14)18(17(13)19)15-8-5-9-22-16(15)10-20/h2-9,12,21H,11H2,1H3. The van der Waals surface area contributed by atoms with Crippen LogP contribution in [-0.4, -0.2) is 24.4 Å². The smallest absolute Gasteiger partial charge is 0.268 e. The molecule has 0 aliphatic rings. The van der Waals surface area contributed by atoms with Crippen LogP contribution in [0.15, 0.2) is 59.8 Å². The van der Waals surface area contributed by atoms with Crippen LogP contribution in [0.4, 0.5) is 4.39 Å². The maximum absolute atomic E-state index is 15.1. The van der Waals surface area contributed by atoms with E-state index >= 15 is 4.39 Å². The molecule has 1 N–H and O–H groups in total. The predicted octanol–water partition coefficient (Wildman–Crippen LogP) is 2.52. The third kappa shape index (κ3) is 2.98. The minimum atomic E-state index is -4.05. The van der Waals surface area contributed by atoms with Crippen LogP contribution in [0.3, 0.4) is 0 Å². The van der Waals surface area contributed by atoms with Gasteiger partial charge in [-0.25, -0.2) is 21.8 Å². The number of nitrogens with zero attached hydrogens (tertiary/aromatic N) is 3. The van der Waals surface area contributed by atoms with Gasteiger partial charge in [-0.05, 0) is 31.3 Å². The molecule has 0 saturated carbocycles. The Kier molecular flexibility index (Phi) is 4.84. The second-order valence-electron chi connectivity index (χ2n) is 5.47. The lowest BCUT2D eigenvalue weighted by atomic mass is 10.1. The lowest BCUT2D eigenvalue weighted by Gasteiger charge is -2.11. The monoisotopic (exact) mass is 370 g/mol. The number of nitriles is 1. The summed E-state index contributed by atoms with van der Waals surface area (Å²) in [5.41, 5.74) is 0.0397. The van der Waals surface area contributed by atoms with Gasteiger partial charge in [-0.1, -0.05) is 18.2 Å². The van der Waals surface area contributed by atoms with Gasteiger partial charge >= 0.3 is 0 Å². The first kappa shape index (κ1) is 17.8. The van der Waals surface area contributed by atoms with Crippen LogP contribution < -0.4 is 5.32 Å². The highest BCUT2D eigenvalue weighted by molar-refractivity contribution is 7.90. The van der Waals surface area contributed by atoms with Gasteiger partial charge in [0.15, 0.2) is 5.82 Å². The van der Waals surface area contributed by atoms with Crippen molar-refractivity contribution in [3.63, 3.8) is 0 Å². The summed E-state index contributed by atoms with van der Waals surface area (Å²) in [6.07, 6.45) is 2.63. The highest BCUT2D eigenvalue weighted by Gasteiger charge is 2.27. The topological polar surface area (TPSA) is 87.8 Å². The van der Waals surface area contributed by atoms with Crippen LogP contribution in [0.5, 0.6) is 0 Å². The Balaban J connectivity index is 2.33. The van der Waals surface area contributed by atoms with Gasteiger partial charge < -0.3 is 5.32 Å². The molecule has 0 amide bonds. The number of pyridine rings is 1. The van der Waals surface area contributed by atoms with E-state index < -0.39 is 15.8 Å². The molecule has 6 nitrogen and oxygen atoms in total. The van der Waals surface area contributed by atoms with E-state index in [2.05, 4.69) is 10.3 Å². The molecule has 132 valence electrons. The van der Waals surface area contributed by atoms with Gasteiger partial charge in [0.25, 0.3) is 10.0 Å². The minimum Gasteiger partial charge on any atom is -0.316 e. The Morgan fingerprint density at radius 1 is 1.23 bits per heavy atom. The van der Waals surface area contributed by atoms with E-state index in [0.29, 0.717) is 0 Å². The van der Waals surface area contributed by atoms with Gasteiger partial charge in [0.05, 0.1) is 4.90 Å². The molecular formula is C18H15FN4O2S. The van der Waals surface area contributed by atoms with Crippen molar-refractivity contribution in [2.75, 3.05) is 7.05 Å². The number of nitrogens with one attached hydrogen (secondary N) is 1. The zero-order valence-corrected chi connectivity index (χ0v) is 14.7. The first-order valence-electron chi connectivity index (χ1n) is 7.71. The van der Waals surface area contributed by atoms with Crippen LogP contribution in [-0.2, 0) is 16.6 Å². The fourth-order valence-corrected chi connectivity index (χ4v) is 4.06. The number of aromatic nitrogens is 2. The van der Waals surface area contributed by atoms with Gasteiger partial charge in [0.1, 0.15) is 17.5 Å². The Morgan fingerprint density at radius 2 is 1.96 bits per heavy atom. The van der Waals surface area contributed by atoms with Crippen molar-refractivity contribution in [2.45, 2.75) is 11.4 Å². The number of hydrogen-bond acceptors (Lipinski definition) is 5. The molecule has 3 aromatic rings. The van der Waals surface area contributed by atoms with Gasteiger partial charge in [0.2, 0.25) is 0 Å². The Morgan fingerprint density at radius 3 is 2.62 bits per heavy atom. The van der Waals surface area contributed by atoms with Crippen molar-refractivity contribution in [1.82, 2.24) is 14.3 Å². The molecule has 0 aliphatic heterocycles. The van der Waals surface area contributed by atoms with Crippen LogP contribution in [0.1, 0.15) is 11.3 Å². The molecule has 0 fully saturated rings. The summed E-state index contributed by atoms with van der Waals surface area (Å²) in [6.45, 7) is 0.137. The molecule has 0 unspecified atom stereocenters. The molecule has 0 bridgehead atoms.